The average molecular weight is 245 g/mol. The van der Waals surface area contributed by atoms with Crippen molar-refractivity contribution in [1.29, 1.82) is 0 Å². The molecule has 0 aliphatic carbocycles. The Labute approximate surface area is 98.5 Å². The van der Waals surface area contributed by atoms with E-state index in [9.17, 15) is 19.1 Å². The van der Waals surface area contributed by atoms with Gasteiger partial charge in [0, 0.05) is 31.2 Å². The van der Waals surface area contributed by atoms with Gasteiger partial charge >= 0.3 is 5.97 Å². The highest BCUT2D eigenvalue weighted by Gasteiger charge is 2.29. The number of carbonyl (C=O) groups excluding carboxylic acids is 1. The Morgan fingerprint density at radius 2 is 2.12 bits per heavy atom. The van der Waals surface area contributed by atoms with E-state index in [1.54, 1.807) is 0 Å². The highest BCUT2D eigenvalue weighted by molar-refractivity contribution is 5.93. The minimum atomic E-state index is -1.18. The third kappa shape index (κ3) is 4.14. The van der Waals surface area contributed by atoms with Crippen LogP contribution in [0.1, 0.15) is 12.8 Å². The first kappa shape index (κ1) is 13.6. The molecule has 0 aromatic heterocycles. The van der Waals surface area contributed by atoms with Gasteiger partial charge in [-0.2, -0.15) is 0 Å². The zero-order valence-electron chi connectivity index (χ0n) is 9.38. The summed E-state index contributed by atoms with van der Waals surface area (Å²) in [5.74, 6) is -1.87. The first-order chi connectivity index (χ1) is 8.04. The number of hydrogen-bond donors (Lipinski definition) is 2. The fraction of sp³-hybridized carbons (Fsp3) is 0.636. The highest BCUT2D eigenvalue weighted by atomic mass is 19.1. The lowest BCUT2D eigenvalue weighted by Gasteiger charge is -2.35. The molecule has 2 atom stereocenters. The number of aliphatic hydroxyl groups excluding tert-OH is 1. The van der Waals surface area contributed by atoms with E-state index in [2.05, 4.69) is 0 Å². The Balaban J connectivity index is 2.55. The van der Waals surface area contributed by atoms with Gasteiger partial charge in [0.05, 0.1) is 12.8 Å². The summed E-state index contributed by atoms with van der Waals surface area (Å²) < 4.78 is 12.2. The summed E-state index contributed by atoms with van der Waals surface area (Å²) in [5, 5.41) is 18.0. The molecule has 1 amide bonds. The topological polar surface area (TPSA) is 77.8 Å². The summed E-state index contributed by atoms with van der Waals surface area (Å²) in [6.07, 6.45) is 1.79. The van der Waals surface area contributed by atoms with Crippen LogP contribution in [0, 0.1) is 5.92 Å². The maximum atomic E-state index is 12.2. The fourth-order valence-corrected chi connectivity index (χ4v) is 1.89. The molecular weight excluding hydrogens is 229 g/mol. The van der Waals surface area contributed by atoms with E-state index in [1.807, 2.05) is 0 Å². The lowest BCUT2D eigenvalue weighted by molar-refractivity contribution is -0.133. The number of carbonyl (C=O) groups is 2. The van der Waals surface area contributed by atoms with Gasteiger partial charge in [0.2, 0.25) is 5.91 Å². The second kappa shape index (κ2) is 6.34. The maximum Gasteiger partial charge on any atom is 0.328 e. The first-order valence-electron chi connectivity index (χ1n) is 5.48. The van der Waals surface area contributed by atoms with Crippen LogP contribution in [0.2, 0.25) is 0 Å². The molecule has 1 heterocycles. The highest BCUT2D eigenvalue weighted by Crippen LogP contribution is 2.20. The average Bonchev–Trinajstić information content (AvgIpc) is 2.29. The van der Waals surface area contributed by atoms with Gasteiger partial charge in [0.1, 0.15) is 0 Å². The van der Waals surface area contributed by atoms with Gasteiger partial charge < -0.3 is 15.1 Å². The van der Waals surface area contributed by atoms with Crippen molar-refractivity contribution in [1.82, 2.24) is 4.90 Å². The number of piperidine rings is 1. The maximum absolute atomic E-state index is 12.2. The smallest absolute Gasteiger partial charge is 0.328 e. The van der Waals surface area contributed by atoms with Crippen molar-refractivity contribution in [3.05, 3.63) is 12.2 Å². The Hall–Kier alpha value is -1.43. The molecule has 0 radical (unpaired) electrons. The van der Waals surface area contributed by atoms with Crippen molar-refractivity contribution in [2.24, 2.45) is 5.92 Å². The molecule has 17 heavy (non-hydrogen) atoms. The second-order valence-electron chi connectivity index (χ2n) is 4.05. The van der Waals surface area contributed by atoms with Crippen LogP contribution < -0.4 is 0 Å². The predicted molar refractivity (Wildman–Crippen MR) is 58.1 cm³/mol. The Morgan fingerprint density at radius 3 is 2.71 bits per heavy atom. The van der Waals surface area contributed by atoms with Crippen molar-refractivity contribution in [2.75, 3.05) is 19.8 Å². The van der Waals surface area contributed by atoms with Gasteiger partial charge in [0.25, 0.3) is 0 Å². The van der Waals surface area contributed by atoms with Crippen LogP contribution in [0.15, 0.2) is 12.2 Å². The number of rotatable bonds is 4. The first-order valence-corrected chi connectivity index (χ1v) is 5.48. The zero-order chi connectivity index (χ0) is 12.8. The molecule has 0 bridgehead atoms. The normalized spacial score (nSPS) is 25.2. The summed E-state index contributed by atoms with van der Waals surface area (Å²) >= 11 is 0. The van der Waals surface area contributed by atoms with Crippen LogP contribution in [0.5, 0.6) is 0 Å². The van der Waals surface area contributed by atoms with E-state index in [0.717, 1.165) is 12.2 Å². The van der Waals surface area contributed by atoms with Gasteiger partial charge in [-0.3, -0.25) is 9.18 Å². The van der Waals surface area contributed by atoms with Crippen molar-refractivity contribution >= 4 is 11.9 Å². The number of alkyl halides is 1. The predicted octanol–water partition coefficient (Wildman–Crippen LogP) is 0.196. The second-order valence-corrected chi connectivity index (χ2v) is 4.05. The monoisotopic (exact) mass is 245 g/mol. The molecule has 1 aliphatic rings. The van der Waals surface area contributed by atoms with Crippen molar-refractivity contribution < 1.29 is 24.2 Å². The fourth-order valence-electron chi connectivity index (χ4n) is 1.89. The van der Waals surface area contributed by atoms with Crippen molar-refractivity contribution in [3.8, 4) is 0 Å². The Kier molecular flexibility index (Phi) is 5.09. The third-order valence-electron chi connectivity index (χ3n) is 2.85. The molecule has 96 valence electrons. The number of aliphatic hydroxyl groups is 1. The van der Waals surface area contributed by atoms with Gasteiger partial charge in [-0.15, -0.1) is 0 Å². The molecular formula is C11H16FNO4. The summed E-state index contributed by atoms with van der Waals surface area (Å²) in [6, 6.07) is 0. The van der Waals surface area contributed by atoms with Gasteiger partial charge in [0.15, 0.2) is 0 Å². The molecule has 0 spiro atoms. The number of hydrogen-bond acceptors (Lipinski definition) is 3. The molecule has 1 fully saturated rings. The molecule has 5 nitrogen and oxygen atoms in total. The summed E-state index contributed by atoms with van der Waals surface area (Å²) in [4.78, 5) is 23.3. The molecule has 1 rings (SSSR count). The number of aliphatic carboxylic acids is 1. The van der Waals surface area contributed by atoms with E-state index in [0.29, 0.717) is 13.0 Å². The number of amides is 1. The summed E-state index contributed by atoms with van der Waals surface area (Å²) in [7, 11) is 0. The minimum Gasteiger partial charge on any atom is -0.478 e. The Bertz CT molecular complexity index is 319. The SMILES string of the molecule is O=C(O)/C=C/C(=O)N1CC[C@H](O)[C@H](CCF)C1. The molecule has 0 aromatic rings. The molecule has 0 unspecified atom stereocenters. The van der Waals surface area contributed by atoms with E-state index < -0.39 is 24.7 Å². The zero-order valence-corrected chi connectivity index (χ0v) is 9.38. The van der Waals surface area contributed by atoms with Gasteiger partial charge in [-0.05, 0) is 12.8 Å². The number of nitrogens with zero attached hydrogens (tertiary/aromatic N) is 1. The van der Waals surface area contributed by atoms with E-state index in [-0.39, 0.29) is 18.9 Å². The van der Waals surface area contributed by atoms with Crippen LogP contribution in [0.25, 0.3) is 0 Å². The van der Waals surface area contributed by atoms with E-state index in [4.69, 9.17) is 5.11 Å². The quantitative estimate of drug-likeness (QED) is 0.693. The molecule has 6 heteroatoms. The van der Waals surface area contributed by atoms with E-state index in [1.165, 1.54) is 4.90 Å². The lowest BCUT2D eigenvalue weighted by Crippen LogP contribution is -2.45. The van der Waals surface area contributed by atoms with Gasteiger partial charge in [-0.1, -0.05) is 0 Å². The summed E-state index contributed by atoms with van der Waals surface area (Å²) in [6.45, 7) is 0.106. The van der Waals surface area contributed by atoms with Gasteiger partial charge in [-0.25, -0.2) is 4.79 Å². The van der Waals surface area contributed by atoms with Crippen LogP contribution >= 0.6 is 0 Å². The number of carboxylic acids is 1. The standard InChI is InChI=1S/C11H16FNO4/c12-5-3-8-7-13(6-4-9(8)14)10(15)1-2-11(16)17/h1-2,8-9,14H,3-7H2,(H,16,17)/b2-1+/t8-,9+/m1/s1. The molecule has 1 aliphatic heterocycles. The van der Waals surface area contributed by atoms with Crippen molar-refractivity contribution in [2.45, 2.75) is 18.9 Å². The molecule has 2 N–H and O–H groups in total. The van der Waals surface area contributed by atoms with Crippen LogP contribution in [-0.4, -0.2) is 52.9 Å². The molecule has 0 aromatic carbocycles. The van der Waals surface area contributed by atoms with Crippen LogP contribution in [0.3, 0.4) is 0 Å². The number of halogens is 1. The number of carboxylic acid groups (broad SMARTS) is 1. The largest absolute Gasteiger partial charge is 0.478 e. The third-order valence-corrected chi connectivity index (χ3v) is 2.85. The van der Waals surface area contributed by atoms with Crippen LogP contribution in [-0.2, 0) is 9.59 Å². The minimum absolute atomic E-state index is 0.216. The van der Waals surface area contributed by atoms with Crippen molar-refractivity contribution in [3.63, 3.8) is 0 Å². The van der Waals surface area contributed by atoms with Crippen LogP contribution in [0.4, 0.5) is 4.39 Å². The lowest BCUT2D eigenvalue weighted by atomic mass is 9.92. The molecule has 1 saturated heterocycles. The van der Waals surface area contributed by atoms with E-state index >= 15 is 0 Å². The molecule has 0 saturated carbocycles. The number of likely N-dealkylation sites (tertiary alicyclic amines) is 1. The Morgan fingerprint density at radius 1 is 1.41 bits per heavy atom. The summed E-state index contributed by atoms with van der Waals surface area (Å²) in [5.41, 5.74) is 0.